The molecular weight excluding hydrogens is 228 g/mol. The summed E-state index contributed by atoms with van der Waals surface area (Å²) in [4.78, 5) is 11.8. The Labute approximate surface area is 109 Å². The number of rotatable bonds is 6. The molecule has 0 bridgehead atoms. The highest BCUT2D eigenvalue weighted by atomic mass is 16.5. The van der Waals surface area contributed by atoms with Crippen molar-refractivity contribution in [1.29, 1.82) is 0 Å². The molecule has 4 heteroatoms. The molecular formula is C14H22N2O2. The van der Waals surface area contributed by atoms with Crippen LogP contribution in [0.5, 0.6) is 5.75 Å². The minimum Gasteiger partial charge on any atom is -0.497 e. The summed E-state index contributed by atoms with van der Waals surface area (Å²) in [7, 11) is 1.62. The van der Waals surface area contributed by atoms with Crippen LogP contribution in [-0.4, -0.2) is 25.1 Å². The second-order valence-electron chi connectivity index (χ2n) is 4.71. The Morgan fingerprint density at radius 3 is 2.44 bits per heavy atom. The van der Waals surface area contributed by atoms with Crippen LogP contribution in [0.15, 0.2) is 24.3 Å². The van der Waals surface area contributed by atoms with E-state index in [1.54, 1.807) is 7.11 Å². The molecule has 0 saturated carbocycles. The minimum absolute atomic E-state index is 0.0216. The van der Waals surface area contributed by atoms with Gasteiger partial charge < -0.3 is 15.8 Å². The van der Waals surface area contributed by atoms with Crippen LogP contribution in [0.25, 0.3) is 0 Å². The van der Waals surface area contributed by atoms with Crippen LogP contribution in [0.1, 0.15) is 25.8 Å². The maximum atomic E-state index is 11.8. The van der Waals surface area contributed by atoms with E-state index in [2.05, 4.69) is 5.32 Å². The van der Waals surface area contributed by atoms with Gasteiger partial charge >= 0.3 is 0 Å². The third-order valence-electron chi connectivity index (χ3n) is 2.66. The van der Waals surface area contributed by atoms with Gasteiger partial charge in [-0.15, -0.1) is 0 Å². The fourth-order valence-corrected chi connectivity index (χ4v) is 1.87. The van der Waals surface area contributed by atoms with Crippen molar-refractivity contribution in [3.63, 3.8) is 0 Å². The van der Waals surface area contributed by atoms with Crippen LogP contribution >= 0.6 is 0 Å². The maximum absolute atomic E-state index is 11.8. The van der Waals surface area contributed by atoms with Gasteiger partial charge in [0.1, 0.15) is 5.75 Å². The van der Waals surface area contributed by atoms with Crippen molar-refractivity contribution in [3.05, 3.63) is 29.8 Å². The van der Waals surface area contributed by atoms with Gasteiger partial charge in [-0.05, 0) is 38.0 Å². The van der Waals surface area contributed by atoms with Crippen molar-refractivity contribution in [2.24, 2.45) is 5.73 Å². The maximum Gasteiger partial charge on any atom is 0.224 e. The zero-order valence-corrected chi connectivity index (χ0v) is 11.3. The smallest absolute Gasteiger partial charge is 0.224 e. The van der Waals surface area contributed by atoms with Crippen molar-refractivity contribution in [2.45, 2.75) is 38.8 Å². The molecule has 0 aromatic heterocycles. The van der Waals surface area contributed by atoms with Gasteiger partial charge in [0.25, 0.3) is 0 Å². The van der Waals surface area contributed by atoms with E-state index in [0.717, 1.165) is 17.7 Å². The molecule has 0 radical (unpaired) electrons. The van der Waals surface area contributed by atoms with Crippen LogP contribution in [0.2, 0.25) is 0 Å². The Bertz CT molecular complexity index is 374. The molecule has 2 unspecified atom stereocenters. The number of hydrogen-bond donors (Lipinski definition) is 2. The molecule has 0 aliphatic rings. The molecule has 0 heterocycles. The number of hydrogen-bond acceptors (Lipinski definition) is 3. The molecule has 1 aromatic carbocycles. The third kappa shape index (κ3) is 5.19. The van der Waals surface area contributed by atoms with E-state index in [4.69, 9.17) is 10.5 Å². The number of carbonyl (C=O) groups is 1. The van der Waals surface area contributed by atoms with Crippen LogP contribution in [0.3, 0.4) is 0 Å². The highest BCUT2D eigenvalue weighted by Gasteiger charge is 2.09. The van der Waals surface area contributed by atoms with Gasteiger partial charge in [-0.2, -0.15) is 0 Å². The summed E-state index contributed by atoms with van der Waals surface area (Å²) in [5.41, 5.74) is 6.66. The Morgan fingerprint density at radius 2 is 1.94 bits per heavy atom. The van der Waals surface area contributed by atoms with E-state index in [1.165, 1.54) is 0 Å². The number of nitrogens with one attached hydrogen (secondary N) is 1. The average molecular weight is 250 g/mol. The summed E-state index contributed by atoms with van der Waals surface area (Å²) in [6, 6.07) is 7.71. The first-order chi connectivity index (χ1) is 8.51. The summed E-state index contributed by atoms with van der Waals surface area (Å²) in [6.07, 6.45) is 1.17. The van der Waals surface area contributed by atoms with Crippen LogP contribution < -0.4 is 15.8 Å². The average Bonchev–Trinajstić information content (AvgIpc) is 2.28. The molecule has 4 nitrogen and oxygen atoms in total. The molecule has 0 aliphatic carbocycles. The number of amides is 1. The molecule has 3 N–H and O–H groups in total. The highest BCUT2D eigenvalue weighted by molar-refractivity contribution is 5.78. The first-order valence-electron chi connectivity index (χ1n) is 6.19. The first-order valence-corrected chi connectivity index (χ1v) is 6.19. The van der Waals surface area contributed by atoms with E-state index >= 15 is 0 Å². The lowest BCUT2D eigenvalue weighted by Gasteiger charge is -2.15. The lowest BCUT2D eigenvalue weighted by Crippen LogP contribution is -2.37. The zero-order chi connectivity index (χ0) is 13.5. The summed E-state index contributed by atoms with van der Waals surface area (Å²) >= 11 is 0. The number of ether oxygens (including phenoxy) is 1. The third-order valence-corrected chi connectivity index (χ3v) is 2.66. The molecule has 0 fully saturated rings. The minimum atomic E-state index is 0.0216. The fraction of sp³-hybridized carbons (Fsp3) is 0.500. The van der Waals surface area contributed by atoms with Gasteiger partial charge in [0.15, 0.2) is 0 Å². The molecule has 18 heavy (non-hydrogen) atoms. The molecule has 0 spiro atoms. The molecule has 1 amide bonds. The van der Waals surface area contributed by atoms with E-state index in [0.29, 0.717) is 6.42 Å². The SMILES string of the molecule is COc1ccc(CC(=O)NC(C)CC(C)N)cc1. The molecule has 1 aromatic rings. The summed E-state index contributed by atoms with van der Waals surface area (Å²) in [6.45, 7) is 3.90. The van der Waals surface area contributed by atoms with Crippen molar-refractivity contribution in [1.82, 2.24) is 5.32 Å². The summed E-state index contributed by atoms with van der Waals surface area (Å²) < 4.78 is 5.07. The predicted molar refractivity (Wildman–Crippen MR) is 72.6 cm³/mol. The summed E-state index contributed by atoms with van der Waals surface area (Å²) in [5.74, 6) is 0.817. The van der Waals surface area contributed by atoms with Gasteiger partial charge in [0.2, 0.25) is 5.91 Å². The Morgan fingerprint density at radius 1 is 1.33 bits per heavy atom. The van der Waals surface area contributed by atoms with Gasteiger partial charge in [0.05, 0.1) is 13.5 Å². The molecule has 1 rings (SSSR count). The largest absolute Gasteiger partial charge is 0.497 e. The van der Waals surface area contributed by atoms with Crippen molar-refractivity contribution in [3.8, 4) is 5.75 Å². The van der Waals surface area contributed by atoms with Crippen molar-refractivity contribution < 1.29 is 9.53 Å². The number of methoxy groups -OCH3 is 1. The van der Waals surface area contributed by atoms with E-state index in [1.807, 2.05) is 38.1 Å². The summed E-state index contributed by atoms with van der Waals surface area (Å²) in [5, 5.41) is 2.94. The number of benzene rings is 1. The van der Waals surface area contributed by atoms with Crippen molar-refractivity contribution >= 4 is 5.91 Å². The van der Waals surface area contributed by atoms with Gasteiger partial charge in [0, 0.05) is 12.1 Å². The first kappa shape index (κ1) is 14.5. The van der Waals surface area contributed by atoms with Gasteiger partial charge in [-0.3, -0.25) is 4.79 Å². The van der Waals surface area contributed by atoms with E-state index < -0.39 is 0 Å². The topological polar surface area (TPSA) is 64.3 Å². The van der Waals surface area contributed by atoms with Crippen LogP contribution in [-0.2, 0) is 11.2 Å². The molecule has 0 saturated heterocycles. The second kappa shape index (κ2) is 7.01. The van der Waals surface area contributed by atoms with Gasteiger partial charge in [-0.1, -0.05) is 12.1 Å². The Balaban J connectivity index is 2.43. The Kier molecular flexibility index (Phi) is 5.65. The van der Waals surface area contributed by atoms with E-state index in [-0.39, 0.29) is 18.0 Å². The zero-order valence-electron chi connectivity index (χ0n) is 11.3. The lowest BCUT2D eigenvalue weighted by atomic mass is 10.1. The quantitative estimate of drug-likeness (QED) is 0.803. The van der Waals surface area contributed by atoms with Gasteiger partial charge in [-0.25, -0.2) is 0 Å². The Hall–Kier alpha value is -1.55. The van der Waals surface area contributed by atoms with Crippen LogP contribution in [0, 0.1) is 0 Å². The monoisotopic (exact) mass is 250 g/mol. The second-order valence-corrected chi connectivity index (χ2v) is 4.71. The normalized spacial score (nSPS) is 13.8. The number of nitrogens with two attached hydrogens (primary N) is 1. The van der Waals surface area contributed by atoms with E-state index in [9.17, 15) is 4.79 Å². The molecule has 100 valence electrons. The standard InChI is InChI=1S/C14H22N2O2/c1-10(15)8-11(2)16-14(17)9-12-4-6-13(18-3)7-5-12/h4-7,10-11H,8-9,15H2,1-3H3,(H,16,17). The fourth-order valence-electron chi connectivity index (χ4n) is 1.87. The van der Waals surface area contributed by atoms with Crippen LogP contribution in [0.4, 0.5) is 0 Å². The lowest BCUT2D eigenvalue weighted by molar-refractivity contribution is -0.121. The molecule has 2 atom stereocenters. The van der Waals surface area contributed by atoms with Crippen molar-refractivity contribution in [2.75, 3.05) is 7.11 Å². The number of carbonyl (C=O) groups excluding carboxylic acids is 1. The molecule has 0 aliphatic heterocycles. The predicted octanol–water partition coefficient (Wildman–Crippen LogP) is 1.48. The highest BCUT2D eigenvalue weighted by Crippen LogP contribution is 2.11.